The summed E-state index contributed by atoms with van der Waals surface area (Å²) in [5.41, 5.74) is 2.27. The summed E-state index contributed by atoms with van der Waals surface area (Å²) < 4.78 is 14.0. The molecule has 0 aliphatic carbocycles. The molecule has 5 heteroatoms. The molecule has 98 valence electrons. The molecule has 0 saturated carbocycles. The van der Waals surface area contributed by atoms with Crippen molar-refractivity contribution < 1.29 is 4.39 Å². The number of aromatic nitrogens is 2. The lowest BCUT2D eigenvalue weighted by Gasteiger charge is -2.30. The lowest BCUT2D eigenvalue weighted by atomic mass is 10.0. The first kappa shape index (κ1) is 11.9. The maximum Gasteiger partial charge on any atom is 0.224 e. The molecule has 3 rings (SSSR count). The van der Waals surface area contributed by atoms with Crippen LogP contribution in [0.1, 0.15) is 12.0 Å². The normalized spacial score (nSPS) is 14.1. The van der Waals surface area contributed by atoms with Crippen molar-refractivity contribution in [2.75, 3.05) is 23.8 Å². The summed E-state index contributed by atoms with van der Waals surface area (Å²) in [6, 6.07) is 8.07. The van der Waals surface area contributed by atoms with Crippen molar-refractivity contribution in [3.05, 3.63) is 41.8 Å². The molecule has 1 aromatic carbocycles. The van der Waals surface area contributed by atoms with Crippen molar-refractivity contribution in [1.29, 1.82) is 0 Å². The standard InChI is InChI=1S/C14H15FN4/c1-16-14-17-9-11(15)13(18-14)19-8-4-6-10-5-2-3-7-12(10)19/h2-3,5,7,9H,4,6,8H2,1H3,(H,16,17,18). The van der Waals surface area contributed by atoms with Crippen LogP contribution in [0.5, 0.6) is 0 Å². The van der Waals surface area contributed by atoms with Crippen LogP contribution in [0.25, 0.3) is 0 Å². The highest BCUT2D eigenvalue weighted by Gasteiger charge is 2.22. The van der Waals surface area contributed by atoms with Gasteiger partial charge in [0.25, 0.3) is 0 Å². The highest BCUT2D eigenvalue weighted by molar-refractivity contribution is 5.66. The van der Waals surface area contributed by atoms with E-state index in [2.05, 4.69) is 21.4 Å². The molecule has 0 radical (unpaired) electrons. The van der Waals surface area contributed by atoms with Crippen LogP contribution in [0.15, 0.2) is 30.5 Å². The number of nitrogens with one attached hydrogen (secondary N) is 1. The topological polar surface area (TPSA) is 41.1 Å². The molecule has 0 atom stereocenters. The van der Waals surface area contributed by atoms with Gasteiger partial charge in [-0.15, -0.1) is 0 Å². The van der Waals surface area contributed by atoms with E-state index in [1.807, 2.05) is 23.1 Å². The molecule has 0 amide bonds. The minimum Gasteiger partial charge on any atom is -0.357 e. The summed E-state index contributed by atoms with van der Waals surface area (Å²) in [6.07, 6.45) is 3.24. The fourth-order valence-electron chi connectivity index (χ4n) is 2.42. The van der Waals surface area contributed by atoms with E-state index in [0.29, 0.717) is 11.8 Å². The lowest BCUT2D eigenvalue weighted by Crippen LogP contribution is -2.26. The summed E-state index contributed by atoms with van der Waals surface area (Å²) in [5, 5.41) is 2.84. The fourth-order valence-corrected chi connectivity index (χ4v) is 2.42. The molecule has 0 saturated heterocycles. The molecule has 0 spiro atoms. The summed E-state index contributed by atoms with van der Waals surface area (Å²) in [5.74, 6) is 0.377. The van der Waals surface area contributed by atoms with Crippen LogP contribution >= 0.6 is 0 Å². The molecular formula is C14H15FN4. The number of hydrogen-bond acceptors (Lipinski definition) is 4. The van der Waals surface area contributed by atoms with E-state index in [1.54, 1.807) is 7.05 Å². The summed E-state index contributed by atoms with van der Waals surface area (Å²) in [7, 11) is 1.72. The maximum absolute atomic E-state index is 14.0. The van der Waals surface area contributed by atoms with Gasteiger partial charge in [0.05, 0.1) is 6.20 Å². The predicted molar refractivity (Wildman–Crippen MR) is 73.3 cm³/mol. The molecule has 4 nitrogen and oxygen atoms in total. The summed E-state index contributed by atoms with van der Waals surface area (Å²) in [4.78, 5) is 10.1. The molecule has 1 aliphatic rings. The van der Waals surface area contributed by atoms with E-state index >= 15 is 0 Å². The first-order valence-corrected chi connectivity index (χ1v) is 6.35. The van der Waals surface area contributed by atoms with Crippen LogP contribution in [-0.4, -0.2) is 23.6 Å². The minimum absolute atomic E-state index is 0.339. The van der Waals surface area contributed by atoms with Crippen molar-refractivity contribution in [1.82, 2.24) is 9.97 Å². The number of aryl methyl sites for hydroxylation is 1. The van der Waals surface area contributed by atoms with Gasteiger partial charge in [-0.3, -0.25) is 0 Å². The van der Waals surface area contributed by atoms with E-state index in [-0.39, 0.29) is 0 Å². The zero-order chi connectivity index (χ0) is 13.2. The van der Waals surface area contributed by atoms with Gasteiger partial charge in [-0.1, -0.05) is 18.2 Å². The maximum atomic E-state index is 14.0. The van der Waals surface area contributed by atoms with Gasteiger partial charge in [0.1, 0.15) is 0 Å². The zero-order valence-electron chi connectivity index (χ0n) is 10.7. The van der Waals surface area contributed by atoms with Gasteiger partial charge in [0, 0.05) is 19.3 Å². The molecule has 19 heavy (non-hydrogen) atoms. The van der Waals surface area contributed by atoms with Crippen LogP contribution in [0.4, 0.5) is 21.8 Å². The SMILES string of the molecule is CNc1ncc(F)c(N2CCCc3ccccc32)n1. The number of halogens is 1. The first-order valence-electron chi connectivity index (χ1n) is 6.35. The number of nitrogens with zero attached hydrogens (tertiary/aromatic N) is 3. The molecule has 0 bridgehead atoms. The second kappa shape index (κ2) is 4.84. The molecule has 2 aromatic rings. The highest BCUT2D eigenvalue weighted by atomic mass is 19.1. The molecule has 0 fully saturated rings. The summed E-state index contributed by atoms with van der Waals surface area (Å²) >= 11 is 0. The number of fused-ring (bicyclic) bond motifs is 1. The second-order valence-corrected chi connectivity index (χ2v) is 4.50. The molecule has 2 heterocycles. The number of anilines is 3. The van der Waals surface area contributed by atoms with Gasteiger partial charge < -0.3 is 10.2 Å². The van der Waals surface area contributed by atoms with Crippen molar-refractivity contribution in [3.63, 3.8) is 0 Å². The lowest BCUT2D eigenvalue weighted by molar-refractivity contribution is 0.606. The Balaban J connectivity index is 2.08. The number of para-hydroxylation sites is 1. The monoisotopic (exact) mass is 258 g/mol. The Hall–Kier alpha value is -2.17. The van der Waals surface area contributed by atoms with Crippen LogP contribution in [0.2, 0.25) is 0 Å². The smallest absolute Gasteiger partial charge is 0.224 e. The first-order chi connectivity index (χ1) is 9.29. The van der Waals surface area contributed by atoms with Gasteiger partial charge in [-0.05, 0) is 24.5 Å². The van der Waals surface area contributed by atoms with Gasteiger partial charge in [0.2, 0.25) is 5.95 Å². The molecule has 1 aliphatic heterocycles. The Labute approximate surface area is 111 Å². The van der Waals surface area contributed by atoms with Crippen molar-refractivity contribution in [2.45, 2.75) is 12.8 Å². The van der Waals surface area contributed by atoms with E-state index in [1.165, 1.54) is 11.8 Å². The molecular weight excluding hydrogens is 243 g/mol. The van der Waals surface area contributed by atoms with E-state index < -0.39 is 5.82 Å². The van der Waals surface area contributed by atoms with Gasteiger partial charge in [-0.2, -0.15) is 4.98 Å². The Morgan fingerprint density at radius 1 is 1.32 bits per heavy atom. The minimum atomic E-state index is -0.393. The van der Waals surface area contributed by atoms with Gasteiger partial charge in [-0.25, -0.2) is 9.37 Å². The Bertz CT molecular complexity index is 600. The van der Waals surface area contributed by atoms with Gasteiger partial charge in [0.15, 0.2) is 11.6 Å². The Kier molecular flexibility index (Phi) is 3.03. The largest absolute Gasteiger partial charge is 0.357 e. The average molecular weight is 258 g/mol. The fraction of sp³-hybridized carbons (Fsp3) is 0.286. The van der Waals surface area contributed by atoms with Crippen LogP contribution < -0.4 is 10.2 Å². The third-order valence-corrected chi connectivity index (χ3v) is 3.32. The highest BCUT2D eigenvalue weighted by Crippen LogP contribution is 2.33. The van der Waals surface area contributed by atoms with Crippen molar-refractivity contribution in [2.24, 2.45) is 0 Å². The number of rotatable bonds is 2. The van der Waals surface area contributed by atoms with Crippen LogP contribution in [0, 0.1) is 5.82 Å². The third-order valence-electron chi connectivity index (χ3n) is 3.32. The number of hydrogen-bond donors (Lipinski definition) is 1. The van der Waals surface area contributed by atoms with E-state index in [0.717, 1.165) is 25.1 Å². The van der Waals surface area contributed by atoms with Crippen molar-refractivity contribution >= 4 is 17.5 Å². The summed E-state index contributed by atoms with van der Waals surface area (Å²) in [6.45, 7) is 0.772. The predicted octanol–water partition coefficient (Wildman–Crippen LogP) is 2.74. The average Bonchev–Trinajstić information content (AvgIpc) is 2.47. The molecule has 1 aromatic heterocycles. The van der Waals surface area contributed by atoms with E-state index in [4.69, 9.17) is 0 Å². The van der Waals surface area contributed by atoms with E-state index in [9.17, 15) is 4.39 Å². The molecule has 1 N–H and O–H groups in total. The van der Waals surface area contributed by atoms with Crippen molar-refractivity contribution in [3.8, 4) is 0 Å². The molecule has 0 unspecified atom stereocenters. The van der Waals surface area contributed by atoms with Crippen LogP contribution in [-0.2, 0) is 6.42 Å². The number of benzene rings is 1. The second-order valence-electron chi connectivity index (χ2n) is 4.50. The zero-order valence-corrected chi connectivity index (χ0v) is 10.7. The quantitative estimate of drug-likeness (QED) is 0.899. The van der Waals surface area contributed by atoms with Crippen LogP contribution in [0.3, 0.4) is 0 Å². The Morgan fingerprint density at radius 2 is 2.16 bits per heavy atom. The Morgan fingerprint density at radius 3 is 3.00 bits per heavy atom. The third kappa shape index (κ3) is 2.12. The van der Waals surface area contributed by atoms with Gasteiger partial charge >= 0.3 is 0 Å².